The largest absolute Gasteiger partial charge is 0.270 e. The fraction of sp³-hybridized carbons (Fsp3) is 0.118. The summed E-state index contributed by atoms with van der Waals surface area (Å²) in [5, 5.41) is 18.8. The molecule has 0 saturated heterocycles. The summed E-state index contributed by atoms with van der Waals surface area (Å²) in [7, 11) is 0. The molecular formula is C17H13ClN4S. The minimum atomic E-state index is -0.209. The standard InChI is InChI=1S/C17H13ClN4S/c1-12(11-19)23-17-21-20-16(13-7-9-14(18)10-8-13)22(17)15-5-3-2-4-6-15/h2-10,12H,1H3. The molecule has 0 aliphatic heterocycles. The maximum atomic E-state index is 9.07. The van der Waals surface area contributed by atoms with Crippen LogP contribution in [-0.2, 0) is 0 Å². The smallest absolute Gasteiger partial charge is 0.197 e. The SMILES string of the molecule is CC(C#N)Sc1nnc(-c2ccc(Cl)cc2)n1-c1ccccc1. The van der Waals surface area contributed by atoms with Crippen LogP contribution in [0.5, 0.6) is 0 Å². The van der Waals surface area contributed by atoms with Crippen molar-refractivity contribution in [3.8, 4) is 23.1 Å². The summed E-state index contributed by atoms with van der Waals surface area (Å²) in [5.74, 6) is 0.723. The number of hydrogen-bond acceptors (Lipinski definition) is 4. The summed E-state index contributed by atoms with van der Waals surface area (Å²) in [4.78, 5) is 0. The van der Waals surface area contributed by atoms with Gasteiger partial charge in [-0.2, -0.15) is 5.26 Å². The number of aromatic nitrogens is 3. The van der Waals surface area contributed by atoms with Crippen LogP contribution < -0.4 is 0 Å². The molecule has 0 amide bonds. The molecular weight excluding hydrogens is 328 g/mol. The third-order valence-electron chi connectivity index (χ3n) is 3.21. The Morgan fingerprint density at radius 3 is 2.43 bits per heavy atom. The Morgan fingerprint density at radius 2 is 1.78 bits per heavy atom. The molecule has 23 heavy (non-hydrogen) atoms. The highest BCUT2D eigenvalue weighted by Crippen LogP contribution is 2.30. The summed E-state index contributed by atoms with van der Waals surface area (Å²) >= 11 is 7.35. The summed E-state index contributed by atoms with van der Waals surface area (Å²) in [5.41, 5.74) is 1.87. The number of halogens is 1. The van der Waals surface area contributed by atoms with E-state index in [1.54, 1.807) is 0 Å². The first-order valence-electron chi connectivity index (χ1n) is 7.02. The van der Waals surface area contributed by atoms with E-state index < -0.39 is 0 Å². The first-order valence-corrected chi connectivity index (χ1v) is 8.28. The number of nitriles is 1. The van der Waals surface area contributed by atoms with E-state index in [0.717, 1.165) is 17.1 Å². The number of benzene rings is 2. The normalized spacial score (nSPS) is 11.9. The minimum absolute atomic E-state index is 0.209. The highest BCUT2D eigenvalue weighted by Gasteiger charge is 2.18. The van der Waals surface area contributed by atoms with Gasteiger partial charge in [-0.05, 0) is 43.3 Å². The van der Waals surface area contributed by atoms with E-state index in [1.807, 2.05) is 66.1 Å². The Balaban J connectivity index is 2.13. The monoisotopic (exact) mass is 340 g/mol. The van der Waals surface area contributed by atoms with Gasteiger partial charge in [0.15, 0.2) is 11.0 Å². The molecule has 0 fully saturated rings. The van der Waals surface area contributed by atoms with Crippen molar-refractivity contribution in [1.82, 2.24) is 14.8 Å². The lowest BCUT2D eigenvalue weighted by Crippen LogP contribution is -2.01. The van der Waals surface area contributed by atoms with Crippen LogP contribution >= 0.6 is 23.4 Å². The first-order chi connectivity index (χ1) is 11.2. The molecule has 0 N–H and O–H groups in total. The Kier molecular flexibility index (Phi) is 4.65. The second-order valence-electron chi connectivity index (χ2n) is 4.87. The molecule has 114 valence electrons. The molecule has 0 aliphatic carbocycles. The van der Waals surface area contributed by atoms with Crippen LogP contribution in [0, 0.1) is 11.3 Å². The molecule has 0 radical (unpaired) electrons. The van der Waals surface area contributed by atoms with E-state index >= 15 is 0 Å². The van der Waals surface area contributed by atoms with Gasteiger partial charge in [-0.25, -0.2) is 0 Å². The van der Waals surface area contributed by atoms with Crippen LogP contribution in [0.15, 0.2) is 59.8 Å². The van der Waals surface area contributed by atoms with Crippen molar-refractivity contribution in [3.63, 3.8) is 0 Å². The topological polar surface area (TPSA) is 54.5 Å². The number of hydrogen-bond donors (Lipinski definition) is 0. The molecule has 0 bridgehead atoms. The van der Waals surface area contributed by atoms with Crippen LogP contribution in [0.1, 0.15) is 6.92 Å². The van der Waals surface area contributed by atoms with E-state index in [1.165, 1.54) is 11.8 Å². The molecule has 0 spiro atoms. The first kappa shape index (κ1) is 15.6. The van der Waals surface area contributed by atoms with Gasteiger partial charge in [0.25, 0.3) is 0 Å². The molecule has 4 nitrogen and oxygen atoms in total. The zero-order chi connectivity index (χ0) is 16.2. The molecule has 3 aromatic rings. The molecule has 1 heterocycles. The van der Waals surface area contributed by atoms with Gasteiger partial charge in [0.2, 0.25) is 0 Å². The molecule has 6 heteroatoms. The molecule has 3 rings (SSSR count). The lowest BCUT2D eigenvalue weighted by Gasteiger charge is -2.10. The lowest BCUT2D eigenvalue weighted by atomic mass is 10.2. The Hall–Kier alpha value is -2.29. The van der Waals surface area contributed by atoms with Crippen molar-refractivity contribution >= 4 is 23.4 Å². The molecule has 1 atom stereocenters. The molecule has 1 unspecified atom stereocenters. The van der Waals surface area contributed by atoms with Crippen LogP contribution in [0.25, 0.3) is 17.1 Å². The van der Waals surface area contributed by atoms with Crippen molar-refractivity contribution < 1.29 is 0 Å². The van der Waals surface area contributed by atoms with Crippen molar-refractivity contribution in [2.75, 3.05) is 0 Å². The number of nitrogens with zero attached hydrogens (tertiary/aromatic N) is 4. The van der Waals surface area contributed by atoms with E-state index in [9.17, 15) is 0 Å². The van der Waals surface area contributed by atoms with E-state index in [0.29, 0.717) is 10.2 Å². The average molecular weight is 341 g/mol. The highest BCUT2D eigenvalue weighted by molar-refractivity contribution is 8.00. The summed E-state index contributed by atoms with van der Waals surface area (Å²) < 4.78 is 1.96. The van der Waals surface area contributed by atoms with Crippen LogP contribution in [0.4, 0.5) is 0 Å². The lowest BCUT2D eigenvalue weighted by molar-refractivity contribution is 0.883. The molecule has 0 saturated carbocycles. The van der Waals surface area contributed by atoms with Crippen LogP contribution in [-0.4, -0.2) is 20.0 Å². The summed E-state index contributed by atoms with van der Waals surface area (Å²) in [6, 6.07) is 19.5. The van der Waals surface area contributed by atoms with E-state index in [-0.39, 0.29) is 5.25 Å². The van der Waals surface area contributed by atoms with Crippen LogP contribution in [0.3, 0.4) is 0 Å². The summed E-state index contributed by atoms with van der Waals surface area (Å²) in [6.45, 7) is 1.84. The van der Waals surface area contributed by atoms with E-state index in [4.69, 9.17) is 16.9 Å². The number of para-hydroxylation sites is 1. The van der Waals surface area contributed by atoms with Crippen molar-refractivity contribution in [3.05, 3.63) is 59.6 Å². The van der Waals surface area contributed by atoms with Crippen molar-refractivity contribution in [2.24, 2.45) is 0 Å². The van der Waals surface area contributed by atoms with Gasteiger partial charge in [-0.15, -0.1) is 10.2 Å². The third-order valence-corrected chi connectivity index (χ3v) is 4.40. The van der Waals surface area contributed by atoms with Gasteiger partial charge in [0, 0.05) is 16.3 Å². The number of thioether (sulfide) groups is 1. The maximum Gasteiger partial charge on any atom is 0.197 e. The Morgan fingerprint density at radius 1 is 1.09 bits per heavy atom. The van der Waals surface area contributed by atoms with Gasteiger partial charge < -0.3 is 0 Å². The maximum absolute atomic E-state index is 9.07. The number of rotatable bonds is 4. The highest BCUT2D eigenvalue weighted by atomic mass is 35.5. The molecule has 2 aromatic carbocycles. The van der Waals surface area contributed by atoms with Gasteiger partial charge in [-0.1, -0.05) is 41.6 Å². The van der Waals surface area contributed by atoms with Gasteiger partial charge >= 0.3 is 0 Å². The minimum Gasteiger partial charge on any atom is -0.270 e. The Bertz CT molecular complexity index is 837. The Labute approximate surface area is 143 Å². The quantitative estimate of drug-likeness (QED) is 0.652. The fourth-order valence-corrected chi connectivity index (χ4v) is 3.01. The van der Waals surface area contributed by atoms with Gasteiger partial charge in [-0.3, -0.25) is 4.57 Å². The molecule has 1 aromatic heterocycles. The zero-order valence-corrected chi connectivity index (χ0v) is 13.9. The van der Waals surface area contributed by atoms with Gasteiger partial charge in [0.1, 0.15) is 0 Å². The van der Waals surface area contributed by atoms with Gasteiger partial charge in [0.05, 0.1) is 11.3 Å². The van der Waals surface area contributed by atoms with Crippen LogP contribution in [0.2, 0.25) is 5.02 Å². The average Bonchev–Trinajstić information content (AvgIpc) is 2.99. The summed E-state index contributed by atoms with van der Waals surface area (Å²) in [6.07, 6.45) is 0. The zero-order valence-electron chi connectivity index (χ0n) is 12.3. The predicted molar refractivity (Wildman–Crippen MR) is 92.7 cm³/mol. The third kappa shape index (κ3) is 3.39. The van der Waals surface area contributed by atoms with Crippen molar-refractivity contribution in [2.45, 2.75) is 17.3 Å². The second-order valence-corrected chi connectivity index (χ2v) is 6.62. The molecule has 0 aliphatic rings. The second kappa shape index (κ2) is 6.86. The van der Waals surface area contributed by atoms with E-state index in [2.05, 4.69) is 16.3 Å². The van der Waals surface area contributed by atoms with Crippen molar-refractivity contribution in [1.29, 1.82) is 5.26 Å². The fourth-order valence-electron chi connectivity index (χ4n) is 2.13. The predicted octanol–water partition coefficient (Wildman–Crippen LogP) is 4.59.